The van der Waals surface area contributed by atoms with E-state index in [1.54, 1.807) is 0 Å². The zero-order valence-corrected chi connectivity index (χ0v) is 10.3. The Morgan fingerprint density at radius 3 is 2.69 bits per heavy atom. The normalized spacial score (nSPS) is 10.6. The third-order valence-electron chi connectivity index (χ3n) is 2.15. The summed E-state index contributed by atoms with van der Waals surface area (Å²) in [6, 6.07) is 8.03. The standard InChI is InChI=1S/C11H12BrN3O/c12-9-3-1-8(2-4-9)7-11-14-10(5-6-13)15-16-11/h1-4H,5-7,13H2. The molecule has 2 N–H and O–H groups in total. The van der Waals surface area contributed by atoms with Crippen LogP contribution in [0.5, 0.6) is 0 Å². The Kier molecular flexibility index (Phi) is 3.69. The Balaban J connectivity index is 2.05. The highest BCUT2D eigenvalue weighted by Crippen LogP contribution is 2.13. The van der Waals surface area contributed by atoms with Gasteiger partial charge in [-0.2, -0.15) is 4.98 Å². The fourth-order valence-corrected chi connectivity index (χ4v) is 1.63. The molecule has 0 bridgehead atoms. The lowest BCUT2D eigenvalue weighted by Gasteiger charge is -1.96. The van der Waals surface area contributed by atoms with Crippen molar-refractivity contribution in [3.05, 3.63) is 46.0 Å². The van der Waals surface area contributed by atoms with Crippen LogP contribution in [0, 0.1) is 0 Å². The van der Waals surface area contributed by atoms with E-state index in [1.165, 1.54) is 0 Å². The first kappa shape index (κ1) is 11.3. The maximum absolute atomic E-state index is 5.41. The van der Waals surface area contributed by atoms with Gasteiger partial charge in [0.2, 0.25) is 5.89 Å². The minimum atomic E-state index is 0.539. The minimum Gasteiger partial charge on any atom is -0.339 e. The number of nitrogens with zero attached hydrogens (tertiary/aromatic N) is 2. The fourth-order valence-electron chi connectivity index (χ4n) is 1.37. The van der Waals surface area contributed by atoms with E-state index in [-0.39, 0.29) is 0 Å². The van der Waals surface area contributed by atoms with Crippen LogP contribution in [0.15, 0.2) is 33.3 Å². The van der Waals surface area contributed by atoms with Gasteiger partial charge in [-0.05, 0) is 24.2 Å². The van der Waals surface area contributed by atoms with Gasteiger partial charge < -0.3 is 10.3 Å². The predicted molar refractivity (Wildman–Crippen MR) is 64.0 cm³/mol. The second kappa shape index (κ2) is 5.23. The summed E-state index contributed by atoms with van der Waals surface area (Å²) in [4.78, 5) is 4.25. The molecule has 0 radical (unpaired) electrons. The number of hydrogen-bond acceptors (Lipinski definition) is 4. The molecule has 0 aliphatic carbocycles. The SMILES string of the molecule is NCCc1noc(Cc2ccc(Br)cc2)n1. The summed E-state index contributed by atoms with van der Waals surface area (Å²) >= 11 is 3.39. The highest BCUT2D eigenvalue weighted by atomic mass is 79.9. The van der Waals surface area contributed by atoms with E-state index in [2.05, 4.69) is 26.1 Å². The van der Waals surface area contributed by atoms with E-state index in [4.69, 9.17) is 10.3 Å². The van der Waals surface area contributed by atoms with Gasteiger partial charge >= 0.3 is 0 Å². The van der Waals surface area contributed by atoms with Crippen molar-refractivity contribution in [1.82, 2.24) is 10.1 Å². The number of rotatable bonds is 4. The molecule has 1 aromatic heterocycles. The quantitative estimate of drug-likeness (QED) is 0.930. The summed E-state index contributed by atoms with van der Waals surface area (Å²) in [6.07, 6.45) is 1.31. The maximum atomic E-state index is 5.41. The van der Waals surface area contributed by atoms with Gasteiger partial charge in [0.1, 0.15) is 0 Å². The average Bonchev–Trinajstić information content (AvgIpc) is 2.70. The van der Waals surface area contributed by atoms with Crippen LogP contribution in [0.25, 0.3) is 0 Å². The molecule has 0 fully saturated rings. The van der Waals surface area contributed by atoms with Crippen LogP contribution in [0.4, 0.5) is 0 Å². The molecule has 84 valence electrons. The molecule has 4 nitrogen and oxygen atoms in total. The predicted octanol–water partition coefficient (Wildman–Crippen LogP) is 1.92. The first-order chi connectivity index (χ1) is 7.78. The lowest BCUT2D eigenvalue weighted by atomic mass is 10.1. The Bertz CT molecular complexity index is 453. The zero-order chi connectivity index (χ0) is 11.4. The number of nitrogens with two attached hydrogens (primary N) is 1. The highest BCUT2D eigenvalue weighted by molar-refractivity contribution is 9.10. The first-order valence-corrected chi connectivity index (χ1v) is 5.83. The number of aromatic nitrogens is 2. The summed E-state index contributed by atoms with van der Waals surface area (Å²) in [5.41, 5.74) is 6.56. The Labute approximate surface area is 102 Å². The Morgan fingerprint density at radius 1 is 1.25 bits per heavy atom. The van der Waals surface area contributed by atoms with E-state index in [9.17, 15) is 0 Å². The third kappa shape index (κ3) is 2.90. The lowest BCUT2D eigenvalue weighted by Crippen LogP contribution is -2.04. The zero-order valence-electron chi connectivity index (χ0n) is 8.69. The summed E-state index contributed by atoms with van der Waals surface area (Å²) in [6.45, 7) is 0.539. The van der Waals surface area contributed by atoms with Gasteiger partial charge in [0.25, 0.3) is 0 Å². The summed E-state index contributed by atoms with van der Waals surface area (Å²) in [7, 11) is 0. The maximum Gasteiger partial charge on any atom is 0.231 e. The summed E-state index contributed by atoms with van der Waals surface area (Å²) in [5.74, 6) is 1.31. The smallest absolute Gasteiger partial charge is 0.231 e. The van der Waals surface area contributed by atoms with Crippen LogP contribution in [0.1, 0.15) is 17.3 Å². The van der Waals surface area contributed by atoms with E-state index in [0.29, 0.717) is 31.1 Å². The number of halogens is 1. The van der Waals surface area contributed by atoms with Gasteiger partial charge in [-0.3, -0.25) is 0 Å². The van der Waals surface area contributed by atoms with E-state index in [1.807, 2.05) is 24.3 Å². The third-order valence-corrected chi connectivity index (χ3v) is 2.68. The molecule has 2 aromatic rings. The Morgan fingerprint density at radius 2 is 2.00 bits per heavy atom. The van der Waals surface area contributed by atoms with E-state index in [0.717, 1.165) is 10.0 Å². The van der Waals surface area contributed by atoms with Crippen LogP contribution in [-0.4, -0.2) is 16.7 Å². The number of benzene rings is 1. The monoisotopic (exact) mass is 281 g/mol. The minimum absolute atomic E-state index is 0.539. The van der Waals surface area contributed by atoms with Crippen molar-refractivity contribution in [2.24, 2.45) is 5.73 Å². The lowest BCUT2D eigenvalue weighted by molar-refractivity contribution is 0.379. The molecule has 1 heterocycles. The molecule has 0 saturated carbocycles. The van der Waals surface area contributed by atoms with Gasteiger partial charge in [0.15, 0.2) is 5.82 Å². The van der Waals surface area contributed by atoms with Crippen molar-refractivity contribution in [3.63, 3.8) is 0 Å². The van der Waals surface area contributed by atoms with Crippen molar-refractivity contribution in [2.45, 2.75) is 12.8 Å². The second-order valence-corrected chi connectivity index (χ2v) is 4.36. The van der Waals surface area contributed by atoms with Crippen molar-refractivity contribution >= 4 is 15.9 Å². The van der Waals surface area contributed by atoms with Crippen LogP contribution in [0.2, 0.25) is 0 Å². The van der Waals surface area contributed by atoms with Gasteiger partial charge in [-0.25, -0.2) is 0 Å². The topological polar surface area (TPSA) is 64.9 Å². The molecule has 0 saturated heterocycles. The molecule has 5 heteroatoms. The van der Waals surface area contributed by atoms with Gasteiger partial charge in [-0.15, -0.1) is 0 Å². The summed E-state index contributed by atoms with van der Waals surface area (Å²) in [5, 5.41) is 3.84. The molecule has 0 aliphatic heterocycles. The van der Waals surface area contributed by atoms with Crippen LogP contribution in [-0.2, 0) is 12.8 Å². The van der Waals surface area contributed by atoms with Gasteiger partial charge in [-0.1, -0.05) is 33.2 Å². The van der Waals surface area contributed by atoms with Crippen LogP contribution < -0.4 is 5.73 Å². The van der Waals surface area contributed by atoms with Crippen molar-refractivity contribution in [2.75, 3.05) is 6.54 Å². The second-order valence-electron chi connectivity index (χ2n) is 3.45. The molecular formula is C11H12BrN3O. The van der Waals surface area contributed by atoms with Crippen LogP contribution >= 0.6 is 15.9 Å². The summed E-state index contributed by atoms with van der Waals surface area (Å²) < 4.78 is 6.18. The van der Waals surface area contributed by atoms with Crippen molar-refractivity contribution in [3.8, 4) is 0 Å². The van der Waals surface area contributed by atoms with Gasteiger partial charge in [0, 0.05) is 10.9 Å². The first-order valence-electron chi connectivity index (χ1n) is 5.04. The van der Waals surface area contributed by atoms with Crippen molar-refractivity contribution < 1.29 is 4.52 Å². The van der Waals surface area contributed by atoms with Crippen LogP contribution in [0.3, 0.4) is 0 Å². The Hall–Kier alpha value is -1.20. The largest absolute Gasteiger partial charge is 0.339 e. The molecule has 0 spiro atoms. The number of hydrogen-bond donors (Lipinski definition) is 1. The van der Waals surface area contributed by atoms with E-state index >= 15 is 0 Å². The molecule has 2 rings (SSSR count). The van der Waals surface area contributed by atoms with Crippen molar-refractivity contribution in [1.29, 1.82) is 0 Å². The molecule has 0 amide bonds. The molecule has 0 atom stereocenters. The fraction of sp³-hybridized carbons (Fsp3) is 0.273. The molecule has 1 aromatic carbocycles. The molecule has 16 heavy (non-hydrogen) atoms. The molecule has 0 aliphatic rings. The van der Waals surface area contributed by atoms with E-state index < -0.39 is 0 Å². The average molecular weight is 282 g/mol. The highest BCUT2D eigenvalue weighted by Gasteiger charge is 2.06. The molecule has 0 unspecified atom stereocenters. The molecular weight excluding hydrogens is 270 g/mol. The van der Waals surface area contributed by atoms with Gasteiger partial charge in [0.05, 0.1) is 6.42 Å².